The maximum atomic E-state index is 8.39. The van der Waals surface area contributed by atoms with Gasteiger partial charge < -0.3 is 9.84 Å². The molecule has 1 rings (SSSR count). The quantitative estimate of drug-likeness (QED) is 0.589. The first-order valence-corrected chi connectivity index (χ1v) is 4.25. The molecule has 0 saturated carbocycles. The molecule has 0 spiro atoms. The number of aliphatic hydroxyl groups is 1. The second-order valence-electron chi connectivity index (χ2n) is 2.82. The zero-order chi connectivity index (χ0) is 10.4. The van der Waals surface area contributed by atoms with Crippen LogP contribution in [0.4, 0.5) is 0 Å². The molecule has 1 N–H and O–H groups in total. The lowest BCUT2D eigenvalue weighted by Gasteiger charge is -2.04. The highest BCUT2D eigenvalue weighted by Gasteiger charge is 1.98. The average molecular weight is 191 g/mol. The van der Waals surface area contributed by atoms with Gasteiger partial charge in [-0.15, -0.1) is 0 Å². The summed E-state index contributed by atoms with van der Waals surface area (Å²) in [5.74, 6) is 0.778. The topological polar surface area (TPSA) is 41.8 Å². The van der Waals surface area contributed by atoms with Crippen molar-refractivity contribution in [3.8, 4) is 5.75 Å². The molecule has 0 atom stereocenters. The monoisotopic (exact) mass is 191 g/mol. The van der Waals surface area contributed by atoms with E-state index < -0.39 is 0 Å². The summed E-state index contributed by atoms with van der Waals surface area (Å²) >= 11 is 0. The Morgan fingerprint density at radius 3 is 2.86 bits per heavy atom. The van der Waals surface area contributed by atoms with Crippen molar-refractivity contribution in [1.29, 1.82) is 0 Å². The van der Waals surface area contributed by atoms with Gasteiger partial charge in [-0.2, -0.15) is 0 Å². The Labute approximate surface area is 83.4 Å². The van der Waals surface area contributed by atoms with Crippen molar-refractivity contribution in [2.24, 2.45) is 4.99 Å². The van der Waals surface area contributed by atoms with Gasteiger partial charge in [0.25, 0.3) is 0 Å². The lowest BCUT2D eigenvalue weighted by molar-refractivity contribution is 0.414. The third-order valence-corrected chi connectivity index (χ3v) is 1.76. The minimum Gasteiger partial charge on any atom is -0.514 e. The third-order valence-electron chi connectivity index (χ3n) is 1.76. The highest BCUT2D eigenvalue weighted by atomic mass is 16.5. The smallest absolute Gasteiger partial charge is 0.127 e. The van der Waals surface area contributed by atoms with Crippen molar-refractivity contribution >= 4 is 6.21 Å². The molecule has 14 heavy (non-hydrogen) atoms. The number of ether oxygens (including phenoxy) is 1. The molecule has 3 heteroatoms. The molecule has 1 aromatic rings. The van der Waals surface area contributed by atoms with Gasteiger partial charge in [0.15, 0.2) is 0 Å². The summed E-state index contributed by atoms with van der Waals surface area (Å²) in [6, 6.07) is 5.83. The SMILES string of the molecule is COc1cc(C)ccc1C=N/C=C\O. The van der Waals surface area contributed by atoms with E-state index in [9.17, 15) is 0 Å². The van der Waals surface area contributed by atoms with Gasteiger partial charge in [-0.05, 0) is 24.6 Å². The molecule has 0 radical (unpaired) electrons. The Balaban J connectivity index is 2.96. The van der Waals surface area contributed by atoms with Crippen LogP contribution in [0.1, 0.15) is 11.1 Å². The zero-order valence-electron chi connectivity index (χ0n) is 8.27. The number of methoxy groups -OCH3 is 1. The molecule has 74 valence electrons. The summed E-state index contributed by atoms with van der Waals surface area (Å²) in [6.07, 6.45) is 3.82. The van der Waals surface area contributed by atoms with E-state index in [-0.39, 0.29) is 0 Å². The van der Waals surface area contributed by atoms with Crippen LogP contribution < -0.4 is 4.74 Å². The Kier molecular flexibility index (Phi) is 3.73. The van der Waals surface area contributed by atoms with E-state index in [0.29, 0.717) is 0 Å². The van der Waals surface area contributed by atoms with Gasteiger partial charge in [-0.25, -0.2) is 0 Å². The molecule has 0 aliphatic carbocycles. The van der Waals surface area contributed by atoms with Crippen LogP contribution in [-0.4, -0.2) is 18.4 Å². The second kappa shape index (κ2) is 5.07. The average Bonchev–Trinajstić information content (AvgIpc) is 2.20. The lowest BCUT2D eigenvalue weighted by atomic mass is 10.1. The van der Waals surface area contributed by atoms with Crippen LogP contribution >= 0.6 is 0 Å². The molecular formula is C11H13NO2. The molecule has 0 aliphatic rings. The number of aliphatic imine (C=N–C) groups is 1. The van der Waals surface area contributed by atoms with Crippen LogP contribution in [0, 0.1) is 6.92 Å². The Bertz CT molecular complexity index is 356. The first-order chi connectivity index (χ1) is 6.77. The van der Waals surface area contributed by atoms with Crippen LogP contribution in [0.15, 0.2) is 35.7 Å². The van der Waals surface area contributed by atoms with Crippen LogP contribution in [0.3, 0.4) is 0 Å². The number of aryl methyl sites for hydroxylation is 1. The van der Waals surface area contributed by atoms with Gasteiger partial charge in [-0.3, -0.25) is 4.99 Å². The van der Waals surface area contributed by atoms with Gasteiger partial charge in [-0.1, -0.05) is 6.07 Å². The van der Waals surface area contributed by atoms with E-state index in [1.165, 1.54) is 6.20 Å². The first kappa shape index (κ1) is 10.3. The largest absolute Gasteiger partial charge is 0.514 e. The van der Waals surface area contributed by atoms with Crippen molar-refractivity contribution in [3.63, 3.8) is 0 Å². The molecular weight excluding hydrogens is 178 g/mol. The number of rotatable bonds is 3. The van der Waals surface area contributed by atoms with Crippen LogP contribution in [0.25, 0.3) is 0 Å². The summed E-state index contributed by atoms with van der Waals surface area (Å²) in [6.45, 7) is 2.00. The maximum absolute atomic E-state index is 8.39. The number of hydrogen-bond donors (Lipinski definition) is 1. The Morgan fingerprint density at radius 2 is 2.21 bits per heavy atom. The van der Waals surface area contributed by atoms with E-state index in [4.69, 9.17) is 9.84 Å². The van der Waals surface area contributed by atoms with Gasteiger partial charge >= 0.3 is 0 Å². The van der Waals surface area contributed by atoms with E-state index in [1.807, 2.05) is 25.1 Å². The molecule has 1 aromatic carbocycles. The van der Waals surface area contributed by atoms with Crippen molar-refractivity contribution in [2.75, 3.05) is 7.11 Å². The molecule has 0 unspecified atom stereocenters. The predicted octanol–water partition coefficient (Wildman–Crippen LogP) is 2.45. The van der Waals surface area contributed by atoms with E-state index in [0.717, 1.165) is 23.1 Å². The third kappa shape index (κ3) is 2.62. The number of nitrogens with zero attached hydrogens (tertiary/aromatic N) is 1. The Hall–Kier alpha value is -1.77. The number of aliphatic hydroxyl groups excluding tert-OH is 1. The maximum Gasteiger partial charge on any atom is 0.127 e. The fourth-order valence-electron chi connectivity index (χ4n) is 1.09. The van der Waals surface area contributed by atoms with Crippen molar-refractivity contribution in [1.82, 2.24) is 0 Å². The molecule has 0 amide bonds. The molecule has 3 nitrogen and oxygen atoms in total. The minimum atomic E-state index is 0.778. The molecule has 0 saturated heterocycles. The molecule has 0 aromatic heterocycles. The van der Waals surface area contributed by atoms with Crippen molar-refractivity contribution in [2.45, 2.75) is 6.92 Å². The van der Waals surface area contributed by atoms with Gasteiger partial charge in [0.05, 0.1) is 19.6 Å². The molecule has 0 aliphatic heterocycles. The highest BCUT2D eigenvalue weighted by Crippen LogP contribution is 2.17. The lowest BCUT2D eigenvalue weighted by Crippen LogP contribution is -1.91. The number of benzene rings is 1. The van der Waals surface area contributed by atoms with Gasteiger partial charge in [0, 0.05) is 11.8 Å². The van der Waals surface area contributed by atoms with E-state index in [1.54, 1.807) is 13.3 Å². The highest BCUT2D eigenvalue weighted by molar-refractivity contribution is 5.84. The normalized spacial score (nSPS) is 11.3. The van der Waals surface area contributed by atoms with Crippen LogP contribution in [0.5, 0.6) is 5.75 Å². The van der Waals surface area contributed by atoms with Crippen molar-refractivity contribution < 1.29 is 9.84 Å². The Morgan fingerprint density at radius 1 is 1.43 bits per heavy atom. The fraction of sp³-hybridized carbons (Fsp3) is 0.182. The summed E-state index contributed by atoms with van der Waals surface area (Å²) in [4.78, 5) is 3.86. The van der Waals surface area contributed by atoms with Crippen LogP contribution in [0.2, 0.25) is 0 Å². The summed E-state index contributed by atoms with van der Waals surface area (Å²) in [7, 11) is 1.62. The summed E-state index contributed by atoms with van der Waals surface area (Å²) in [5.41, 5.74) is 2.02. The second-order valence-corrected chi connectivity index (χ2v) is 2.82. The fourth-order valence-corrected chi connectivity index (χ4v) is 1.09. The zero-order valence-corrected chi connectivity index (χ0v) is 8.27. The molecule has 0 bridgehead atoms. The van der Waals surface area contributed by atoms with E-state index >= 15 is 0 Å². The predicted molar refractivity (Wildman–Crippen MR) is 57.1 cm³/mol. The van der Waals surface area contributed by atoms with E-state index in [2.05, 4.69) is 4.99 Å². The first-order valence-electron chi connectivity index (χ1n) is 4.25. The molecule has 0 fully saturated rings. The van der Waals surface area contributed by atoms with Crippen molar-refractivity contribution in [3.05, 3.63) is 41.8 Å². The van der Waals surface area contributed by atoms with Gasteiger partial charge in [0.2, 0.25) is 0 Å². The van der Waals surface area contributed by atoms with Crippen LogP contribution in [-0.2, 0) is 0 Å². The number of hydrogen-bond acceptors (Lipinski definition) is 3. The minimum absolute atomic E-state index is 0.778. The standard InChI is InChI=1S/C11H13NO2/c1-9-3-4-10(8-12-5-6-13)11(7-9)14-2/h3-8,13H,1-2H3/b6-5-,12-8?. The van der Waals surface area contributed by atoms with Gasteiger partial charge in [0.1, 0.15) is 5.75 Å². The molecule has 0 heterocycles. The summed E-state index contributed by atoms with van der Waals surface area (Å²) < 4.78 is 5.18. The summed E-state index contributed by atoms with van der Waals surface area (Å²) in [5, 5.41) is 8.39.